The largest absolute Gasteiger partial charge is 0.488 e. The van der Waals surface area contributed by atoms with E-state index in [1.807, 2.05) is 37.3 Å². The van der Waals surface area contributed by atoms with E-state index in [4.69, 9.17) is 10.00 Å². The molecule has 0 aliphatic heterocycles. The van der Waals surface area contributed by atoms with Gasteiger partial charge < -0.3 is 4.74 Å². The summed E-state index contributed by atoms with van der Waals surface area (Å²) in [5, 5.41) is 12.1. The van der Waals surface area contributed by atoms with Crippen LogP contribution >= 0.6 is 39.0 Å². The molecule has 1 aromatic heterocycles. The summed E-state index contributed by atoms with van der Waals surface area (Å²) in [6.45, 7) is 2.21. The minimum absolute atomic E-state index is 0.284. The van der Waals surface area contributed by atoms with Gasteiger partial charge in [0.1, 0.15) is 12.4 Å². The highest BCUT2D eigenvalue weighted by Crippen LogP contribution is 2.32. The zero-order chi connectivity index (χ0) is 19.9. The molecule has 3 rings (SSSR count). The van der Waals surface area contributed by atoms with E-state index in [0.717, 1.165) is 19.9 Å². The van der Waals surface area contributed by atoms with Crippen molar-refractivity contribution in [1.29, 1.82) is 5.26 Å². The van der Waals surface area contributed by atoms with Crippen LogP contribution in [0, 0.1) is 18.3 Å². The Morgan fingerprint density at radius 1 is 1.29 bits per heavy atom. The van der Waals surface area contributed by atoms with Crippen molar-refractivity contribution in [3.8, 4) is 11.8 Å². The van der Waals surface area contributed by atoms with Crippen molar-refractivity contribution < 1.29 is 9.53 Å². The van der Waals surface area contributed by atoms with Crippen LogP contribution < -0.4 is 10.1 Å². The summed E-state index contributed by atoms with van der Waals surface area (Å²) in [6, 6.07) is 17.0. The number of carbonyl (C=O) groups excluding carboxylic acids is 1. The van der Waals surface area contributed by atoms with E-state index >= 15 is 0 Å². The Hall–Kier alpha value is -2.34. The number of nitriles is 1. The molecule has 0 bridgehead atoms. The average molecular weight is 474 g/mol. The van der Waals surface area contributed by atoms with E-state index in [9.17, 15) is 4.79 Å². The number of carbonyl (C=O) groups is 1. The molecule has 3 aromatic rings. The summed E-state index contributed by atoms with van der Waals surface area (Å²) in [6.07, 6.45) is 0. The van der Waals surface area contributed by atoms with Crippen LogP contribution in [-0.2, 0) is 6.61 Å². The monoisotopic (exact) mass is 473 g/mol. The number of aromatic nitrogens is 1. The van der Waals surface area contributed by atoms with Gasteiger partial charge in [0.15, 0.2) is 5.13 Å². The molecule has 0 atom stereocenters. The molecule has 142 valence electrons. The number of nitrogens with zero attached hydrogens (tertiary/aromatic N) is 2. The van der Waals surface area contributed by atoms with Gasteiger partial charge in [-0.05, 0) is 25.1 Å². The summed E-state index contributed by atoms with van der Waals surface area (Å²) in [4.78, 5) is 17.1. The van der Waals surface area contributed by atoms with Gasteiger partial charge in [-0.15, -0.1) is 0 Å². The Morgan fingerprint density at radius 3 is 2.82 bits per heavy atom. The number of nitrogens with one attached hydrogen (secondary N) is 1. The predicted molar refractivity (Wildman–Crippen MR) is 116 cm³/mol. The maximum Gasteiger partial charge on any atom is 0.261 e. The number of para-hydroxylation sites is 1. The van der Waals surface area contributed by atoms with E-state index in [1.165, 1.54) is 23.1 Å². The maximum atomic E-state index is 12.8. The van der Waals surface area contributed by atoms with Crippen LogP contribution in [0.1, 0.15) is 21.6 Å². The third-order valence-electron chi connectivity index (χ3n) is 3.72. The van der Waals surface area contributed by atoms with Crippen molar-refractivity contribution in [2.75, 3.05) is 11.1 Å². The van der Waals surface area contributed by atoms with Gasteiger partial charge in [-0.3, -0.25) is 10.1 Å². The lowest BCUT2D eigenvalue weighted by Gasteiger charge is -2.11. The Balaban J connectivity index is 1.72. The number of ether oxygens (including phenoxy) is 1. The van der Waals surface area contributed by atoms with Crippen LogP contribution in [0.2, 0.25) is 0 Å². The molecule has 0 radical (unpaired) electrons. The molecule has 0 aliphatic carbocycles. The first-order valence-corrected chi connectivity index (χ1v) is 10.9. The van der Waals surface area contributed by atoms with E-state index in [-0.39, 0.29) is 5.91 Å². The summed E-state index contributed by atoms with van der Waals surface area (Å²) in [5.41, 5.74) is 2.24. The Bertz CT molecular complexity index is 1030. The van der Waals surface area contributed by atoms with Gasteiger partial charge in [-0.1, -0.05) is 69.4 Å². The molecule has 0 unspecified atom stereocenters. The second-order valence-corrected chi connectivity index (χ2v) is 8.77. The van der Waals surface area contributed by atoms with Crippen LogP contribution in [0.25, 0.3) is 0 Å². The SMILES string of the molecule is Cc1nc(NC(=O)c2ccccc2OCc2ccccc2Br)sc1SCC#N. The third kappa shape index (κ3) is 5.13. The quantitative estimate of drug-likeness (QED) is 0.447. The van der Waals surface area contributed by atoms with E-state index < -0.39 is 0 Å². The van der Waals surface area contributed by atoms with Crippen LogP contribution in [-0.4, -0.2) is 16.6 Å². The first kappa shape index (κ1) is 20.4. The zero-order valence-corrected chi connectivity index (χ0v) is 18.2. The van der Waals surface area contributed by atoms with Gasteiger partial charge in [0.05, 0.1) is 27.3 Å². The standard InChI is InChI=1S/C20H16BrN3O2S2/c1-13-19(27-11-10-22)28-20(23-13)24-18(25)15-7-3-5-9-17(15)26-12-14-6-2-4-8-16(14)21/h2-9H,11-12H2,1H3,(H,23,24,25). The van der Waals surface area contributed by atoms with Crippen molar-refractivity contribution in [3.63, 3.8) is 0 Å². The first-order chi connectivity index (χ1) is 13.6. The third-order valence-corrected chi connectivity index (χ3v) is 6.79. The van der Waals surface area contributed by atoms with Crippen molar-refractivity contribution >= 4 is 50.1 Å². The van der Waals surface area contributed by atoms with E-state index in [1.54, 1.807) is 18.2 Å². The molecule has 0 aliphatic rings. The molecule has 0 fully saturated rings. The van der Waals surface area contributed by atoms with E-state index in [0.29, 0.717) is 28.8 Å². The van der Waals surface area contributed by atoms with E-state index in [2.05, 4.69) is 32.3 Å². The summed E-state index contributed by atoms with van der Waals surface area (Å²) in [5.74, 6) is 0.568. The highest BCUT2D eigenvalue weighted by molar-refractivity contribution is 9.10. The number of anilines is 1. The summed E-state index contributed by atoms with van der Waals surface area (Å²) < 4.78 is 7.78. The van der Waals surface area contributed by atoms with Crippen molar-refractivity contribution in [3.05, 3.63) is 69.8 Å². The number of aryl methyl sites for hydroxylation is 1. The van der Waals surface area contributed by atoms with Crippen LogP contribution in [0.4, 0.5) is 5.13 Å². The zero-order valence-electron chi connectivity index (χ0n) is 14.9. The minimum atomic E-state index is -0.284. The fourth-order valence-electron chi connectivity index (χ4n) is 2.38. The smallest absolute Gasteiger partial charge is 0.261 e. The van der Waals surface area contributed by atoms with Gasteiger partial charge in [0, 0.05) is 10.0 Å². The number of amides is 1. The molecule has 28 heavy (non-hydrogen) atoms. The highest BCUT2D eigenvalue weighted by Gasteiger charge is 2.16. The van der Waals surface area contributed by atoms with Crippen molar-refractivity contribution in [2.24, 2.45) is 0 Å². The number of hydrogen-bond donors (Lipinski definition) is 1. The summed E-state index contributed by atoms with van der Waals surface area (Å²) >= 11 is 6.28. The molecule has 5 nitrogen and oxygen atoms in total. The number of hydrogen-bond acceptors (Lipinski definition) is 6. The van der Waals surface area contributed by atoms with Gasteiger partial charge in [0.2, 0.25) is 0 Å². The fraction of sp³-hybridized carbons (Fsp3) is 0.150. The molecule has 2 aromatic carbocycles. The Morgan fingerprint density at radius 2 is 2.04 bits per heavy atom. The second kappa shape index (κ2) is 9.73. The number of thioether (sulfide) groups is 1. The first-order valence-electron chi connectivity index (χ1n) is 8.32. The Kier molecular flexibility index (Phi) is 7.09. The normalized spacial score (nSPS) is 10.3. The van der Waals surface area contributed by atoms with Gasteiger partial charge >= 0.3 is 0 Å². The molecular weight excluding hydrogens is 458 g/mol. The minimum Gasteiger partial charge on any atom is -0.488 e. The van der Waals surface area contributed by atoms with Crippen LogP contribution in [0.3, 0.4) is 0 Å². The lowest BCUT2D eigenvalue weighted by Crippen LogP contribution is -2.13. The lowest BCUT2D eigenvalue weighted by atomic mass is 10.2. The Labute approximate surface area is 179 Å². The number of thiazole rings is 1. The lowest BCUT2D eigenvalue weighted by molar-refractivity contribution is 0.102. The maximum absolute atomic E-state index is 12.8. The molecule has 1 amide bonds. The molecule has 0 spiro atoms. The molecule has 1 heterocycles. The van der Waals surface area contributed by atoms with Crippen LogP contribution in [0.15, 0.2) is 57.2 Å². The highest BCUT2D eigenvalue weighted by atomic mass is 79.9. The topological polar surface area (TPSA) is 75.0 Å². The molecule has 0 saturated heterocycles. The number of halogens is 1. The van der Waals surface area contributed by atoms with Crippen LogP contribution in [0.5, 0.6) is 5.75 Å². The fourth-order valence-corrected chi connectivity index (χ4v) is 4.58. The molecular formula is C20H16BrN3O2S2. The molecule has 1 N–H and O–H groups in total. The van der Waals surface area contributed by atoms with Gasteiger partial charge in [-0.25, -0.2) is 4.98 Å². The van der Waals surface area contributed by atoms with Gasteiger partial charge in [-0.2, -0.15) is 5.26 Å². The average Bonchev–Trinajstić information content (AvgIpc) is 3.04. The molecule has 0 saturated carbocycles. The number of rotatable bonds is 7. The van der Waals surface area contributed by atoms with Crippen molar-refractivity contribution in [2.45, 2.75) is 17.7 Å². The second-order valence-electron chi connectivity index (χ2n) is 5.67. The van der Waals surface area contributed by atoms with Gasteiger partial charge in [0.25, 0.3) is 5.91 Å². The number of benzene rings is 2. The molecule has 8 heteroatoms. The predicted octanol–water partition coefficient (Wildman–Crippen LogP) is 5.66. The summed E-state index contributed by atoms with van der Waals surface area (Å²) in [7, 11) is 0. The van der Waals surface area contributed by atoms with Crippen molar-refractivity contribution in [1.82, 2.24) is 4.98 Å².